The quantitative estimate of drug-likeness (QED) is 0.924. The van der Waals surface area contributed by atoms with Gasteiger partial charge in [0.2, 0.25) is 0 Å². The van der Waals surface area contributed by atoms with Crippen LogP contribution in [0.25, 0.3) is 10.8 Å². The summed E-state index contributed by atoms with van der Waals surface area (Å²) < 4.78 is 13.3. The van der Waals surface area contributed by atoms with E-state index in [1.165, 1.54) is 12.1 Å². The molecule has 2 aromatic rings. The van der Waals surface area contributed by atoms with Crippen LogP contribution in [0.2, 0.25) is 0 Å². The molecule has 0 aliphatic carbocycles. The molecule has 1 aromatic carbocycles. The Kier molecular flexibility index (Phi) is 3.30. The van der Waals surface area contributed by atoms with E-state index in [1.54, 1.807) is 18.3 Å². The second-order valence-electron chi connectivity index (χ2n) is 6.28. The van der Waals surface area contributed by atoms with Crippen molar-refractivity contribution in [1.82, 2.24) is 15.2 Å². The SMILES string of the molecule is O=C(N[C@H]1CN2CCC1CC2)c1cc2cc(F)ccc2cn1. The molecule has 1 aromatic heterocycles. The highest BCUT2D eigenvalue weighted by Gasteiger charge is 2.35. The van der Waals surface area contributed by atoms with Crippen LogP contribution in [0.4, 0.5) is 4.39 Å². The van der Waals surface area contributed by atoms with Crippen molar-refractivity contribution in [3.63, 3.8) is 0 Å². The minimum absolute atomic E-state index is 0.162. The summed E-state index contributed by atoms with van der Waals surface area (Å²) in [4.78, 5) is 19.0. The molecule has 3 saturated heterocycles. The number of piperidine rings is 3. The van der Waals surface area contributed by atoms with Gasteiger partial charge in [0.15, 0.2) is 0 Å². The summed E-state index contributed by atoms with van der Waals surface area (Å²) in [5, 5.41) is 4.65. The third kappa shape index (κ3) is 2.46. The lowest BCUT2D eigenvalue weighted by molar-refractivity contribution is 0.0618. The first-order valence-electron chi connectivity index (χ1n) is 7.77. The number of halogens is 1. The van der Waals surface area contributed by atoms with E-state index >= 15 is 0 Å². The highest BCUT2D eigenvalue weighted by Crippen LogP contribution is 2.27. The molecule has 4 nitrogen and oxygen atoms in total. The van der Waals surface area contributed by atoms with Crippen LogP contribution in [-0.4, -0.2) is 41.5 Å². The fourth-order valence-electron chi connectivity index (χ4n) is 3.61. The van der Waals surface area contributed by atoms with Crippen LogP contribution in [0.3, 0.4) is 0 Å². The third-order valence-corrected chi connectivity index (χ3v) is 4.89. The molecule has 0 spiro atoms. The number of fused-ring (bicyclic) bond motifs is 4. The van der Waals surface area contributed by atoms with E-state index in [0.717, 1.165) is 37.9 Å². The van der Waals surface area contributed by atoms with Gasteiger partial charge in [0, 0.05) is 24.2 Å². The first-order chi connectivity index (χ1) is 10.7. The minimum atomic E-state index is -0.303. The molecule has 1 N–H and O–H groups in total. The highest BCUT2D eigenvalue weighted by molar-refractivity contribution is 5.96. The third-order valence-electron chi connectivity index (χ3n) is 4.89. The number of pyridine rings is 1. The molecule has 0 unspecified atom stereocenters. The first kappa shape index (κ1) is 13.6. The average Bonchev–Trinajstić information content (AvgIpc) is 2.55. The molecule has 3 aliphatic rings. The summed E-state index contributed by atoms with van der Waals surface area (Å²) in [5.74, 6) is 0.110. The molecule has 1 amide bonds. The van der Waals surface area contributed by atoms with Crippen molar-refractivity contribution >= 4 is 16.7 Å². The number of carbonyl (C=O) groups is 1. The van der Waals surface area contributed by atoms with Gasteiger partial charge in [-0.3, -0.25) is 9.78 Å². The molecule has 3 fully saturated rings. The number of hydrogen-bond acceptors (Lipinski definition) is 3. The smallest absolute Gasteiger partial charge is 0.270 e. The average molecular weight is 299 g/mol. The summed E-state index contributed by atoms with van der Waals surface area (Å²) in [7, 11) is 0. The van der Waals surface area contributed by atoms with Crippen molar-refractivity contribution in [3.05, 3.63) is 42.0 Å². The molecular formula is C17H18FN3O. The zero-order chi connectivity index (χ0) is 15.1. The molecule has 1 atom stereocenters. The number of hydrogen-bond donors (Lipinski definition) is 1. The van der Waals surface area contributed by atoms with Crippen LogP contribution in [0.5, 0.6) is 0 Å². The van der Waals surface area contributed by atoms with Gasteiger partial charge >= 0.3 is 0 Å². The number of benzene rings is 1. The Morgan fingerprint density at radius 3 is 2.77 bits per heavy atom. The summed E-state index contributed by atoms with van der Waals surface area (Å²) in [6.07, 6.45) is 3.93. The van der Waals surface area contributed by atoms with Gasteiger partial charge < -0.3 is 10.2 Å². The van der Waals surface area contributed by atoms with Crippen molar-refractivity contribution in [2.45, 2.75) is 18.9 Å². The number of carbonyl (C=O) groups excluding carboxylic acids is 1. The lowest BCUT2D eigenvalue weighted by Gasteiger charge is -2.44. The molecule has 3 aliphatic heterocycles. The van der Waals surface area contributed by atoms with E-state index in [2.05, 4.69) is 15.2 Å². The Bertz CT molecular complexity index is 725. The minimum Gasteiger partial charge on any atom is -0.346 e. The molecule has 0 saturated carbocycles. The zero-order valence-corrected chi connectivity index (χ0v) is 12.3. The number of rotatable bonds is 2. The molecule has 22 heavy (non-hydrogen) atoms. The second-order valence-corrected chi connectivity index (χ2v) is 6.28. The maximum absolute atomic E-state index is 13.3. The molecule has 5 heteroatoms. The van der Waals surface area contributed by atoms with Gasteiger partial charge in [0.1, 0.15) is 11.5 Å². The van der Waals surface area contributed by atoms with E-state index < -0.39 is 0 Å². The second kappa shape index (κ2) is 5.32. The topological polar surface area (TPSA) is 45.2 Å². The predicted molar refractivity (Wildman–Crippen MR) is 82.1 cm³/mol. The largest absolute Gasteiger partial charge is 0.346 e. The lowest BCUT2D eigenvalue weighted by Crippen LogP contribution is -2.57. The van der Waals surface area contributed by atoms with E-state index in [4.69, 9.17) is 0 Å². The molecule has 4 heterocycles. The van der Waals surface area contributed by atoms with Crippen LogP contribution in [-0.2, 0) is 0 Å². The first-order valence-corrected chi connectivity index (χ1v) is 7.77. The fraction of sp³-hybridized carbons (Fsp3) is 0.412. The van der Waals surface area contributed by atoms with E-state index in [-0.39, 0.29) is 17.8 Å². The van der Waals surface area contributed by atoms with Crippen molar-refractivity contribution in [3.8, 4) is 0 Å². The van der Waals surface area contributed by atoms with Crippen LogP contribution < -0.4 is 5.32 Å². The normalized spacial score (nSPS) is 27.0. The fourth-order valence-corrected chi connectivity index (χ4v) is 3.61. The highest BCUT2D eigenvalue weighted by atomic mass is 19.1. The van der Waals surface area contributed by atoms with E-state index in [1.807, 2.05) is 0 Å². The lowest BCUT2D eigenvalue weighted by atomic mass is 9.84. The Hall–Kier alpha value is -2.01. The van der Waals surface area contributed by atoms with Crippen molar-refractivity contribution in [2.24, 2.45) is 5.92 Å². The van der Waals surface area contributed by atoms with Crippen molar-refractivity contribution in [1.29, 1.82) is 0 Å². The monoisotopic (exact) mass is 299 g/mol. The maximum Gasteiger partial charge on any atom is 0.270 e. The van der Waals surface area contributed by atoms with Gasteiger partial charge in [-0.1, -0.05) is 0 Å². The van der Waals surface area contributed by atoms with Crippen LogP contribution >= 0.6 is 0 Å². The van der Waals surface area contributed by atoms with Gasteiger partial charge in [-0.05, 0) is 61.5 Å². The predicted octanol–water partition coefficient (Wildman–Crippen LogP) is 2.20. The summed E-state index contributed by atoms with van der Waals surface area (Å²) >= 11 is 0. The van der Waals surface area contributed by atoms with Gasteiger partial charge in [-0.2, -0.15) is 0 Å². The van der Waals surface area contributed by atoms with E-state index in [9.17, 15) is 9.18 Å². The summed E-state index contributed by atoms with van der Waals surface area (Å²) in [6.45, 7) is 3.22. The van der Waals surface area contributed by atoms with Crippen LogP contribution in [0, 0.1) is 11.7 Å². The molecule has 5 rings (SSSR count). The Morgan fingerprint density at radius 2 is 2.05 bits per heavy atom. The van der Waals surface area contributed by atoms with Crippen molar-refractivity contribution < 1.29 is 9.18 Å². The zero-order valence-electron chi connectivity index (χ0n) is 12.3. The van der Waals surface area contributed by atoms with E-state index in [0.29, 0.717) is 17.0 Å². The molecule has 0 radical (unpaired) electrons. The standard InChI is InChI=1S/C17H18FN3O/c18-14-2-1-12-9-19-15(8-13(12)7-14)17(22)20-16-10-21-5-3-11(16)4-6-21/h1-2,7-9,11,16H,3-6,10H2,(H,20,22)/t16-/m0/s1. The van der Waals surface area contributed by atoms with Gasteiger partial charge in [-0.15, -0.1) is 0 Å². The summed E-state index contributed by atoms with van der Waals surface area (Å²) in [6, 6.07) is 6.38. The van der Waals surface area contributed by atoms with Gasteiger partial charge in [0.25, 0.3) is 5.91 Å². The number of aromatic nitrogens is 1. The Morgan fingerprint density at radius 1 is 1.23 bits per heavy atom. The Labute approximate surface area is 128 Å². The Balaban J connectivity index is 1.55. The van der Waals surface area contributed by atoms with Crippen LogP contribution in [0.1, 0.15) is 23.3 Å². The number of nitrogens with zero attached hydrogens (tertiary/aromatic N) is 2. The number of amides is 1. The van der Waals surface area contributed by atoms with Gasteiger partial charge in [-0.25, -0.2) is 4.39 Å². The summed E-state index contributed by atoms with van der Waals surface area (Å²) in [5.41, 5.74) is 0.356. The maximum atomic E-state index is 13.3. The number of nitrogens with one attached hydrogen (secondary N) is 1. The van der Waals surface area contributed by atoms with Crippen molar-refractivity contribution in [2.75, 3.05) is 19.6 Å². The molecule has 2 bridgehead atoms. The molecule has 114 valence electrons. The van der Waals surface area contributed by atoms with Gasteiger partial charge in [0.05, 0.1) is 0 Å². The molecular weight excluding hydrogens is 281 g/mol. The van der Waals surface area contributed by atoms with Crippen LogP contribution in [0.15, 0.2) is 30.5 Å².